The van der Waals surface area contributed by atoms with Crippen molar-refractivity contribution in [2.45, 2.75) is 9.79 Å². The number of piperazine rings is 1. The molecule has 0 amide bonds. The van der Waals surface area contributed by atoms with Gasteiger partial charge in [-0.3, -0.25) is 4.90 Å². The van der Waals surface area contributed by atoms with Crippen molar-refractivity contribution in [1.29, 1.82) is 0 Å². The molecular weight excluding hydrogens is 358 g/mol. The number of nitrogens with zero attached hydrogens (tertiary/aromatic N) is 3. The Morgan fingerprint density at radius 1 is 1.04 bits per heavy atom. The van der Waals surface area contributed by atoms with Crippen LogP contribution in [0.15, 0.2) is 63.3 Å². The summed E-state index contributed by atoms with van der Waals surface area (Å²) >= 11 is 1.67. The van der Waals surface area contributed by atoms with Crippen LogP contribution in [-0.2, 0) is 4.74 Å². The van der Waals surface area contributed by atoms with Crippen molar-refractivity contribution >= 4 is 23.3 Å². The summed E-state index contributed by atoms with van der Waals surface area (Å²) < 4.78 is 50.7. The maximum Gasteiger partial charge on any atom is 0.137 e. The zero-order chi connectivity index (χ0) is 23.9. The quantitative estimate of drug-likeness (QED) is 0.852. The molecule has 27 heavy (non-hydrogen) atoms. The summed E-state index contributed by atoms with van der Waals surface area (Å²) in [5.74, 6) is 0.837. The third-order valence-electron chi connectivity index (χ3n) is 4.50. The van der Waals surface area contributed by atoms with Crippen LogP contribution in [0.2, 0.25) is 0 Å². The predicted octanol–water partition coefficient (Wildman–Crippen LogP) is 2.86. The second kappa shape index (κ2) is 8.89. The molecule has 0 aliphatic carbocycles. The Morgan fingerprint density at radius 2 is 1.78 bits per heavy atom. The number of aliphatic hydroxyl groups is 1. The molecule has 0 aromatic heterocycles. The second-order valence-electron chi connectivity index (χ2n) is 6.14. The number of fused-ring (bicyclic) bond motifs is 2. The van der Waals surface area contributed by atoms with Gasteiger partial charge in [-0.15, -0.1) is 0 Å². The van der Waals surface area contributed by atoms with Gasteiger partial charge in [0.1, 0.15) is 5.84 Å². The van der Waals surface area contributed by atoms with E-state index in [1.54, 1.807) is 16.7 Å². The molecule has 0 bridgehead atoms. The van der Waals surface area contributed by atoms with Gasteiger partial charge in [0.2, 0.25) is 0 Å². The van der Waals surface area contributed by atoms with Crippen molar-refractivity contribution in [3.63, 3.8) is 0 Å². The summed E-state index contributed by atoms with van der Waals surface area (Å²) in [6, 6.07) is 16.0. The van der Waals surface area contributed by atoms with E-state index in [2.05, 4.69) is 11.0 Å². The van der Waals surface area contributed by atoms with E-state index in [1.165, 1.54) is 0 Å². The van der Waals surface area contributed by atoms with Crippen LogP contribution in [0.5, 0.6) is 0 Å². The van der Waals surface area contributed by atoms with Gasteiger partial charge in [0.25, 0.3) is 0 Å². The molecule has 0 saturated carbocycles. The SMILES string of the molecule is [2H]C([2H])(COC([2H])([2H])C([2H])([2H])O)N1CCN(C2=Nc3ccccc3Sc3ccccc32)CC1. The molecule has 0 atom stereocenters. The summed E-state index contributed by atoms with van der Waals surface area (Å²) in [7, 11) is 0. The number of benzene rings is 2. The van der Waals surface area contributed by atoms with E-state index in [9.17, 15) is 5.11 Å². The maximum atomic E-state index is 9.28. The Labute approximate surface area is 173 Å². The van der Waals surface area contributed by atoms with E-state index in [1.807, 2.05) is 42.5 Å². The summed E-state index contributed by atoms with van der Waals surface area (Å²) in [5, 5.41) is 9.28. The van der Waals surface area contributed by atoms with Gasteiger partial charge >= 0.3 is 0 Å². The van der Waals surface area contributed by atoms with Crippen LogP contribution in [0.4, 0.5) is 5.69 Å². The van der Waals surface area contributed by atoms with Crippen LogP contribution in [-0.4, -0.2) is 73.1 Å². The molecule has 4 rings (SSSR count). The topological polar surface area (TPSA) is 48.3 Å². The fourth-order valence-corrected chi connectivity index (χ4v) is 4.20. The minimum absolute atomic E-state index is 0.349. The minimum atomic E-state index is -3.24. The molecule has 142 valence electrons. The van der Waals surface area contributed by atoms with Crippen molar-refractivity contribution < 1.29 is 18.1 Å². The van der Waals surface area contributed by atoms with Crippen LogP contribution in [0.25, 0.3) is 0 Å². The molecule has 1 saturated heterocycles. The van der Waals surface area contributed by atoms with E-state index in [0.717, 1.165) is 26.9 Å². The standard InChI is InChI=1S/C21H25N3O2S/c25-14-16-26-15-13-23-9-11-24(12-10-23)21-17-5-1-3-7-19(17)27-20-8-4-2-6-18(20)22-21/h1-8,25H,9-16H2/i13D2,14D2,16D2. The first-order valence-corrected chi connectivity index (χ1v) is 9.61. The van der Waals surface area contributed by atoms with Gasteiger partial charge in [0.15, 0.2) is 0 Å². The van der Waals surface area contributed by atoms with Crippen molar-refractivity contribution in [2.24, 2.45) is 4.99 Å². The van der Waals surface area contributed by atoms with Crippen LogP contribution >= 0.6 is 11.8 Å². The number of amidine groups is 1. The largest absolute Gasteiger partial charge is 0.394 e. The summed E-state index contributed by atoms with van der Waals surface area (Å²) in [6.07, 6.45) is 0. The Balaban J connectivity index is 1.49. The highest BCUT2D eigenvalue weighted by Gasteiger charge is 2.24. The average molecular weight is 390 g/mol. The Kier molecular flexibility index (Phi) is 4.14. The first-order valence-electron chi connectivity index (χ1n) is 11.8. The molecule has 2 aromatic rings. The van der Waals surface area contributed by atoms with E-state index in [0.29, 0.717) is 26.2 Å². The average Bonchev–Trinajstić information content (AvgIpc) is 2.94. The lowest BCUT2D eigenvalue weighted by atomic mass is 10.1. The van der Waals surface area contributed by atoms with Gasteiger partial charge in [0, 0.05) is 50.8 Å². The van der Waals surface area contributed by atoms with E-state index < -0.39 is 26.2 Å². The molecule has 2 aliphatic rings. The van der Waals surface area contributed by atoms with Gasteiger partial charge in [0.05, 0.1) is 30.9 Å². The van der Waals surface area contributed by atoms with Gasteiger partial charge in [-0.1, -0.05) is 42.1 Å². The summed E-state index contributed by atoms with van der Waals surface area (Å²) in [4.78, 5) is 10.8. The first-order chi connectivity index (χ1) is 15.5. The van der Waals surface area contributed by atoms with Crippen molar-refractivity contribution in [3.8, 4) is 0 Å². The van der Waals surface area contributed by atoms with Crippen LogP contribution < -0.4 is 0 Å². The predicted molar refractivity (Wildman–Crippen MR) is 109 cm³/mol. The smallest absolute Gasteiger partial charge is 0.137 e. The lowest BCUT2D eigenvalue weighted by molar-refractivity contribution is 0.0652. The molecule has 1 fully saturated rings. The fraction of sp³-hybridized carbons (Fsp3) is 0.381. The Hall–Kier alpha value is -1.86. The normalized spacial score (nSPS) is 22.0. The lowest BCUT2D eigenvalue weighted by Crippen LogP contribution is -2.49. The molecule has 2 aromatic carbocycles. The molecule has 2 heterocycles. The third-order valence-corrected chi connectivity index (χ3v) is 5.64. The minimum Gasteiger partial charge on any atom is -0.394 e. The van der Waals surface area contributed by atoms with Crippen molar-refractivity contribution in [3.05, 3.63) is 54.1 Å². The summed E-state index contributed by atoms with van der Waals surface area (Å²) in [6.45, 7) is -7.29. The Morgan fingerprint density at radius 3 is 2.59 bits per heavy atom. The molecule has 0 spiro atoms. The number of hydrogen-bond acceptors (Lipinski definition) is 6. The van der Waals surface area contributed by atoms with Gasteiger partial charge < -0.3 is 14.7 Å². The van der Waals surface area contributed by atoms with Crippen LogP contribution in [0.3, 0.4) is 0 Å². The Bertz CT molecular complexity index is 1040. The number of para-hydroxylation sites is 1. The van der Waals surface area contributed by atoms with Gasteiger partial charge in [-0.2, -0.15) is 0 Å². The molecule has 0 unspecified atom stereocenters. The third kappa shape index (κ3) is 4.35. The molecule has 0 radical (unpaired) electrons. The molecule has 6 heteroatoms. The molecule has 1 N–H and O–H groups in total. The number of ether oxygens (including phenoxy) is 1. The van der Waals surface area contributed by atoms with Crippen molar-refractivity contribution in [1.82, 2.24) is 9.80 Å². The monoisotopic (exact) mass is 389 g/mol. The highest BCUT2D eigenvalue weighted by atomic mass is 32.2. The fourth-order valence-electron chi connectivity index (χ4n) is 3.18. The number of hydrogen-bond donors (Lipinski definition) is 1. The highest BCUT2D eigenvalue weighted by Crippen LogP contribution is 2.40. The van der Waals surface area contributed by atoms with Crippen LogP contribution in [0.1, 0.15) is 13.8 Å². The van der Waals surface area contributed by atoms with Crippen molar-refractivity contribution in [2.75, 3.05) is 52.4 Å². The zero-order valence-electron chi connectivity index (χ0n) is 20.8. The van der Waals surface area contributed by atoms with E-state index in [-0.39, 0.29) is 0 Å². The summed E-state index contributed by atoms with van der Waals surface area (Å²) in [5.41, 5.74) is 1.91. The molecule has 5 nitrogen and oxygen atoms in total. The zero-order valence-corrected chi connectivity index (χ0v) is 15.6. The highest BCUT2D eigenvalue weighted by molar-refractivity contribution is 7.99. The second-order valence-corrected chi connectivity index (χ2v) is 7.22. The number of aliphatic imine (C=N–C) groups is 1. The molecular formula is C21H25N3O2S. The van der Waals surface area contributed by atoms with Crippen LogP contribution in [0, 0.1) is 0 Å². The van der Waals surface area contributed by atoms with E-state index >= 15 is 0 Å². The van der Waals surface area contributed by atoms with Gasteiger partial charge in [-0.05, 0) is 18.2 Å². The first kappa shape index (κ1) is 12.6. The lowest BCUT2D eigenvalue weighted by Gasteiger charge is -2.36. The van der Waals surface area contributed by atoms with E-state index in [4.69, 9.17) is 18.0 Å². The molecule has 2 aliphatic heterocycles. The van der Waals surface area contributed by atoms with Gasteiger partial charge in [-0.25, -0.2) is 4.99 Å². The maximum absolute atomic E-state index is 9.28. The number of rotatable bonds is 5.